The number of pyridine rings is 1. The molecule has 1 aromatic heterocycles. The van der Waals surface area contributed by atoms with Crippen LogP contribution in [0.25, 0.3) is 0 Å². The fourth-order valence-electron chi connectivity index (χ4n) is 2.60. The van der Waals surface area contributed by atoms with Crippen LogP contribution in [0.5, 0.6) is 0 Å². The van der Waals surface area contributed by atoms with E-state index < -0.39 is 23.5 Å². The number of hydrogen-bond donors (Lipinski definition) is 3. The van der Waals surface area contributed by atoms with Gasteiger partial charge in [-0.25, -0.2) is 4.79 Å². The number of aromatic amines is 1. The molecule has 1 unspecified atom stereocenters. The minimum atomic E-state index is -1.21. The summed E-state index contributed by atoms with van der Waals surface area (Å²) in [7, 11) is 1.34. The second kappa shape index (κ2) is 7.22. The van der Waals surface area contributed by atoms with E-state index in [-0.39, 0.29) is 12.2 Å². The molecule has 0 radical (unpaired) electrons. The van der Waals surface area contributed by atoms with Gasteiger partial charge in [-0.05, 0) is 37.3 Å². The molecule has 0 saturated heterocycles. The van der Waals surface area contributed by atoms with E-state index in [2.05, 4.69) is 10.3 Å². The van der Waals surface area contributed by atoms with Crippen molar-refractivity contribution in [1.29, 1.82) is 0 Å². The van der Waals surface area contributed by atoms with Crippen LogP contribution < -0.4 is 10.9 Å². The Morgan fingerprint density at radius 1 is 1.36 bits per heavy atom. The highest BCUT2D eigenvalue weighted by atomic mass is 16.5. The quantitative estimate of drug-likeness (QED) is 0.685. The Morgan fingerprint density at radius 3 is 2.77 bits per heavy atom. The molecular weight excluding hydrogens is 288 g/mol. The van der Waals surface area contributed by atoms with Gasteiger partial charge in [0.1, 0.15) is 5.56 Å². The van der Waals surface area contributed by atoms with Gasteiger partial charge in [0.15, 0.2) is 6.04 Å². The van der Waals surface area contributed by atoms with Crippen LogP contribution in [0.4, 0.5) is 0 Å². The lowest BCUT2D eigenvalue weighted by molar-refractivity contribution is -0.140. The van der Waals surface area contributed by atoms with Crippen LogP contribution in [0, 0.1) is 0 Å². The molecule has 1 atom stereocenters. The number of nitrogens with one attached hydrogen (secondary N) is 2. The molecule has 0 aliphatic heterocycles. The number of carbonyl (C=O) groups excluding carboxylic acids is 1. The van der Waals surface area contributed by atoms with Crippen molar-refractivity contribution < 1.29 is 19.4 Å². The first kappa shape index (κ1) is 16.2. The summed E-state index contributed by atoms with van der Waals surface area (Å²) >= 11 is 0. The van der Waals surface area contributed by atoms with Gasteiger partial charge in [0, 0.05) is 12.8 Å². The lowest BCUT2D eigenvalue weighted by Crippen LogP contribution is -2.45. The average Bonchev–Trinajstić information content (AvgIpc) is 2.70. The molecule has 0 bridgehead atoms. The fraction of sp³-hybridized carbons (Fsp3) is 0.533. The van der Waals surface area contributed by atoms with Gasteiger partial charge in [-0.15, -0.1) is 0 Å². The number of hydrogen-bond acceptors (Lipinski definition) is 4. The predicted molar refractivity (Wildman–Crippen MR) is 79.1 cm³/mol. The van der Waals surface area contributed by atoms with Crippen LogP contribution in [0.3, 0.4) is 0 Å². The zero-order valence-electron chi connectivity index (χ0n) is 12.5. The van der Waals surface area contributed by atoms with E-state index in [0.29, 0.717) is 0 Å². The second-order valence-corrected chi connectivity index (χ2v) is 5.40. The van der Waals surface area contributed by atoms with Crippen LogP contribution in [-0.4, -0.2) is 41.7 Å². The molecular formula is C15H20N2O5. The maximum atomic E-state index is 12.2. The first-order valence-electron chi connectivity index (χ1n) is 7.30. The topological polar surface area (TPSA) is 108 Å². The number of carboxylic acid groups (broad SMARTS) is 1. The van der Waals surface area contributed by atoms with Crippen molar-refractivity contribution in [3.05, 3.63) is 33.2 Å². The van der Waals surface area contributed by atoms with Crippen molar-refractivity contribution in [2.45, 2.75) is 38.1 Å². The van der Waals surface area contributed by atoms with Crippen molar-refractivity contribution >= 4 is 11.9 Å². The Hall–Kier alpha value is -2.15. The van der Waals surface area contributed by atoms with Crippen molar-refractivity contribution in [1.82, 2.24) is 10.3 Å². The summed E-state index contributed by atoms with van der Waals surface area (Å²) in [6.07, 6.45) is 4.73. The number of aromatic nitrogens is 1. The van der Waals surface area contributed by atoms with Crippen LogP contribution in [0.1, 0.15) is 40.9 Å². The minimum absolute atomic E-state index is 0.0528. The number of aryl methyl sites for hydroxylation is 2. The van der Waals surface area contributed by atoms with Crippen molar-refractivity contribution in [3.63, 3.8) is 0 Å². The summed E-state index contributed by atoms with van der Waals surface area (Å²) in [6.45, 7) is -0.163. The highest BCUT2D eigenvalue weighted by Gasteiger charge is 2.23. The average molecular weight is 308 g/mol. The number of carbonyl (C=O) groups is 2. The SMILES string of the molecule is COCC(NC(=O)c1cc2c([nH]c1=O)CCCCC2)C(=O)O. The first-order valence-corrected chi connectivity index (χ1v) is 7.30. The van der Waals surface area contributed by atoms with E-state index in [4.69, 9.17) is 9.84 Å². The summed E-state index contributed by atoms with van der Waals surface area (Å²) in [5.41, 5.74) is 1.30. The monoisotopic (exact) mass is 308 g/mol. The zero-order valence-corrected chi connectivity index (χ0v) is 12.5. The molecule has 7 nitrogen and oxygen atoms in total. The Labute approximate surface area is 127 Å². The Kier molecular flexibility index (Phi) is 5.32. The summed E-state index contributed by atoms with van der Waals surface area (Å²) in [5, 5.41) is 11.3. The predicted octanol–water partition coefficient (Wildman–Crippen LogP) is 0.473. The summed E-state index contributed by atoms with van der Waals surface area (Å²) in [4.78, 5) is 38.0. The molecule has 1 aliphatic rings. The Bertz CT molecular complexity index is 623. The van der Waals surface area contributed by atoms with Gasteiger partial charge in [-0.1, -0.05) is 6.42 Å². The second-order valence-electron chi connectivity index (χ2n) is 5.40. The van der Waals surface area contributed by atoms with Gasteiger partial charge in [0.25, 0.3) is 11.5 Å². The van der Waals surface area contributed by atoms with Gasteiger partial charge >= 0.3 is 5.97 Å². The number of aliphatic carboxylic acids is 1. The maximum Gasteiger partial charge on any atom is 0.328 e. The molecule has 1 aliphatic carbocycles. The number of fused-ring (bicyclic) bond motifs is 1. The third-order valence-electron chi connectivity index (χ3n) is 3.77. The molecule has 0 saturated carbocycles. The van der Waals surface area contributed by atoms with Crippen molar-refractivity contribution in [2.75, 3.05) is 13.7 Å². The summed E-state index contributed by atoms with van der Waals surface area (Å²) < 4.78 is 4.76. The van der Waals surface area contributed by atoms with E-state index >= 15 is 0 Å². The third-order valence-corrected chi connectivity index (χ3v) is 3.77. The molecule has 0 fully saturated rings. The molecule has 2 rings (SSSR count). The number of amides is 1. The normalized spacial score (nSPS) is 15.5. The number of ether oxygens (including phenoxy) is 1. The minimum Gasteiger partial charge on any atom is -0.480 e. The van der Waals surface area contributed by atoms with E-state index in [0.717, 1.165) is 43.4 Å². The molecule has 3 N–H and O–H groups in total. The largest absolute Gasteiger partial charge is 0.480 e. The number of carboxylic acids is 1. The molecule has 0 aromatic carbocycles. The fourth-order valence-corrected chi connectivity index (χ4v) is 2.60. The van der Waals surface area contributed by atoms with Gasteiger partial charge in [-0.2, -0.15) is 0 Å². The van der Waals surface area contributed by atoms with E-state index in [1.54, 1.807) is 6.07 Å². The molecule has 1 amide bonds. The van der Waals surface area contributed by atoms with Crippen LogP contribution >= 0.6 is 0 Å². The lowest BCUT2D eigenvalue weighted by atomic mass is 10.1. The first-order chi connectivity index (χ1) is 10.5. The molecule has 0 spiro atoms. The molecule has 22 heavy (non-hydrogen) atoms. The molecule has 7 heteroatoms. The summed E-state index contributed by atoms with van der Waals surface area (Å²) in [5.74, 6) is -1.90. The highest BCUT2D eigenvalue weighted by molar-refractivity contribution is 5.96. The van der Waals surface area contributed by atoms with Crippen molar-refractivity contribution in [2.24, 2.45) is 0 Å². The molecule has 120 valence electrons. The van der Waals surface area contributed by atoms with Crippen molar-refractivity contribution in [3.8, 4) is 0 Å². The van der Waals surface area contributed by atoms with Gasteiger partial charge < -0.3 is 20.1 Å². The van der Waals surface area contributed by atoms with E-state index in [1.807, 2.05) is 0 Å². The van der Waals surface area contributed by atoms with Gasteiger partial charge in [-0.3, -0.25) is 9.59 Å². The van der Waals surface area contributed by atoms with Crippen LogP contribution in [0.15, 0.2) is 10.9 Å². The van der Waals surface area contributed by atoms with Gasteiger partial charge in [0.2, 0.25) is 0 Å². The molecule has 1 heterocycles. The molecule has 1 aromatic rings. The van der Waals surface area contributed by atoms with Crippen LogP contribution in [0.2, 0.25) is 0 Å². The Balaban J connectivity index is 2.24. The Morgan fingerprint density at radius 2 is 2.09 bits per heavy atom. The summed E-state index contributed by atoms with van der Waals surface area (Å²) in [6, 6.07) is 0.399. The lowest BCUT2D eigenvalue weighted by Gasteiger charge is -2.14. The highest BCUT2D eigenvalue weighted by Crippen LogP contribution is 2.18. The maximum absolute atomic E-state index is 12.2. The van der Waals surface area contributed by atoms with E-state index in [1.165, 1.54) is 7.11 Å². The number of H-pyrrole nitrogens is 1. The van der Waals surface area contributed by atoms with E-state index in [9.17, 15) is 14.4 Å². The third kappa shape index (κ3) is 3.73. The smallest absolute Gasteiger partial charge is 0.328 e. The number of rotatable bonds is 5. The van der Waals surface area contributed by atoms with Crippen LogP contribution in [-0.2, 0) is 22.4 Å². The number of methoxy groups -OCH3 is 1. The standard InChI is InChI=1S/C15H20N2O5/c1-22-8-12(15(20)21)17-14(19)10-7-9-5-3-2-4-6-11(9)16-13(10)18/h7,12H,2-6,8H2,1H3,(H,16,18)(H,17,19)(H,20,21). The van der Waals surface area contributed by atoms with Gasteiger partial charge in [0.05, 0.1) is 6.61 Å². The zero-order chi connectivity index (χ0) is 16.1.